The summed E-state index contributed by atoms with van der Waals surface area (Å²) in [7, 11) is 0. The number of nitrogens with zero attached hydrogens (tertiary/aromatic N) is 1. The summed E-state index contributed by atoms with van der Waals surface area (Å²) in [6.07, 6.45) is 3.92. The third-order valence-electron chi connectivity index (χ3n) is 3.03. The molecule has 4 N–H and O–H groups in total. The van der Waals surface area contributed by atoms with Crippen molar-refractivity contribution in [1.29, 1.82) is 0 Å². The van der Waals surface area contributed by atoms with E-state index in [-0.39, 0.29) is 16.9 Å². The van der Waals surface area contributed by atoms with Crippen molar-refractivity contribution in [2.75, 3.05) is 0 Å². The van der Waals surface area contributed by atoms with Gasteiger partial charge >= 0.3 is 0 Å². The van der Waals surface area contributed by atoms with E-state index in [2.05, 4.69) is 15.3 Å². The number of amides is 1. The Kier molecular flexibility index (Phi) is 4.22. The first-order valence-electron chi connectivity index (χ1n) is 5.52. The number of aromatic nitrogens is 2. The average Bonchev–Trinajstić information content (AvgIpc) is 2.80. The fourth-order valence-electron chi connectivity index (χ4n) is 1.39. The van der Waals surface area contributed by atoms with Gasteiger partial charge in [-0.15, -0.1) is 0 Å². The molecule has 1 rings (SSSR count). The molecule has 0 aromatic carbocycles. The van der Waals surface area contributed by atoms with E-state index in [0.29, 0.717) is 12.2 Å². The van der Waals surface area contributed by atoms with Crippen LogP contribution < -0.4 is 11.1 Å². The van der Waals surface area contributed by atoms with E-state index in [9.17, 15) is 4.79 Å². The molecule has 0 aliphatic heterocycles. The van der Waals surface area contributed by atoms with Gasteiger partial charge < -0.3 is 16.0 Å². The van der Waals surface area contributed by atoms with Crippen molar-refractivity contribution in [2.24, 2.45) is 11.1 Å². The summed E-state index contributed by atoms with van der Waals surface area (Å²) in [5, 5.41) is 2.85. The normalized spacial score (nSPS) is 15.9. The second-order valence-corrected chi connectivity index (χ2v) is 4.66. The number of aromatic amines is 1. The van der Waals surface area contributed by atoms with Crippen LogP contribution in [0.25, 0.3) is 0 Å². The number of nitrogens with two attached hydrogens (primary N) is 1. The zero-order chi connectivity index (χ0) is 13.1. The van der Waals surface area contributed by atoms with Gasteiger partial charge in [0.05, 0.1) is 16.4 Å². The number of H-pyrrole nitrogens is 1. The third kappa shape index (κ3) is 2.82. The molecule has 0 bridgehead atoms. The molecular weight excluding hydrogens is 236 g/mol. The number of carbonyl (C=O) groups excluding carboxylic acids is 1. The van der Waals surface area contributed by atoms with E-state index in [1.54, 1.807) is 19.3 Å². The number of nitrogens with one attached hydrogen (secondary N) is 2. The number of rotatable bonds is 5. The Morgan fingerprint density at radius 1 is 1.76 bits per heavy atom. The average molecular weight is 254 g/mol. The standard InChI is InChI=1S/C11H18N4OS/c1-4-11(3,9(12)17)10(16)15-7(2)8-13-5-6-14-8/h5-7H,4H2,1-3H3,(H2,12,17)(H,13,14)(H,15,16). The number of hydrogen-bond donors (Lipinski definition) is 3. The molecule has 6 heteroatoms. The Labute approximate surface area is 106 Å². The van der Waals surface area contributed by atoms with Crippen molar-refractivity contribution >= 4 is 23.1 Å². The number of imidazole rings is 1. The van der Waals surface area contributed by atoms with E-state index in [1.165, 1.54) is 0 Å². The first kappa shape index (κ1) is 13.6. The molecule has 5 nitrogen and oxygen atoms in total. The molecule has 1 amide bonds. The Hall–Kier alpha value is -1.43. The molecule has 2 atom stereocenters. The van der Waals surface area contributed by atoms with Gasteiger partial charge in [0.1, 0.15) is 5.82 Å². The molecule has 17 heavy (non-hydrogen) atoms. The molecule has 0 saturated carbocycles. The molecule has 0 spiro atoms. The molecule has 1 aromatic heterocycles. The predicted molar refractivity (Wildman–Crippen MR) is 70.3 cm³/mol. The van der Waals surface area contributed by atoms with E-state index in [1.807, 2.05) is 13.8 Å². The first-order chi connectivity index (χ1) is 7.91. The van der Waals surface area contributed by atoms with Crippen LogP contribution in [0.1, 0.15) is 39.1 Å². The molecule has 1 heterocycles. The summed E-state index contributed by atoms with van der Waals surface area (Å²) in [5.74, 6) is 0.538. The molecule has 0 fully saturated rings. The van der Waals surface area contributed by atoms with Crippen molar-refractivity contribution in [3.63, 3.8) is 0 Å². The lowest BCUT2D eigenvalue weighted by molar-refractivity contribution is -0.127. The van der Waals surface area contributed by atoms with Crippen LogP contribution in [0.4, 0.5) is 0 Å². The van der Waals surface area contributed by atoms with Crippen molar-refractivity contribution in [3.05, 3.63) is 18.2 Å². The summed E-state index contributed by atoms with van der Waals surface area (Å²) >= 11 is 4.95. The van der Waals surface area contributed by atoms with Gasteiger partial charge in [-0.1, -0.05) is 19.1 Å². The Bertz CT molecular complexity index is 404. The first-order valence-corrected chi connectivity index (χ1v) is 5.92. The molecule has 0 aliphatic rings. The molecule has 0 aliphatic carbocycles. The SMILES string of the molecule is CCC(C)(C(=O)NC(C)c1ncc[nH]1)C(N)=S. The lowest BCUT2D eigenvalue weighted by Gasteiger charge is -2.27. The number of hydrogen-bond acceptors (Lipinski definition) is 3. The Morgan fingerprint density at radius 2 is 2.41 bits per heavy atom. The molecule has 0 radical (unpaired) electrons. The van der Waals surface area contributed by atoms with E-state index >= 15 is 0 Å². The lowest BCUT2D eigenvalue weighted by Crippen LogP contribution is -2.47. The summed E-state index contributed by atoms with van der Waals surface area (Å²) in [6.45, 7) is 5.49. The van der Waals surface area contributed by atoms with Gasteiger partial charge in [0.25, 0.3) is 0 Å². The molecule has 2 unspecified atom stereocenters. The number of thiocarbonyl (C=S) groups is 1. The van der Waals surface area contributed by atoms with Crippen LogP contribution in [0.2, 0.25) is 0 Å². The smallest absolute Gasteiger partial charge is 0.233 e. The minimum absolute atomic E-state index is 0.170. The van der Waals surface area contributed by atoms with E-state index in [4.69, 9.17) is 18.0 Å². The highest BCUT2D eigenvalue weighted by Gasteiger charge is 2.35. The van der Waals surface area contributed by atoms with Gasteiger partial charge in [0.2, 0.25) is 5.91 Å². The van der Waals surface area contributed by atoms with Crippen LogP contribution >= 0.6 is 12.2 Å². The predicted octanol–water partition coefficient (Wildman–Crippen LogP) is 1.29. The second-order valence-electron chi connectivity index (χ2n) is 4.22. The van der Waals surface area contributed by atoms with Gasteiger partial charge in [-0.2, -0.15) is 0 Å². The van der Waals surface area contributed by atoms with E-state index < -0.39 is 5.41 Å². The molecule has 0 saturated heterocycles. The monoisotopic (exact) mass is 254 g/mol. The van der Waals surface area contributed by atoms with Crippen LogP contribution in [0.3, 0.4) is 0 Å². The highest BCUT2D eigenvalue weighted by atomic mass is 32.1. The van der Waals surface area contributed by atoms with Crippen LogP contribution in [0, 0.1) is 5.41 Å². The van der Waals surface area contributed by atoms with Crippen molar-refractivity contribution in [2.45, 2.75) is 33.2 Å². The summed E-state index contributed by atoms with van der Waals surface area (Å²) in [6, 6.07) is -0.197. The van der Waals surface area contributed by atoms with Crippen molar-refractivity contribution in [3.8, 4) is 0 Å². The molecule has 94 valence electrons. The molecular formula is C11H18N4OS. The van der Waals surface area contributed by atoms with Gasteiger partial charge in [0, 0.05) is 12.4 Å². The maximum atomic E-state index is 12.1. The van der Waals surface area contributed by atoms with E-state index in [0.717, 1.165) is 0 Å². The zero-order valence-corrected chi connectivity index (χ0v) is 11.1. The summed E-state index contributed by atoms with van der Waals surface area (Å²) in [4.78, 5) is 19.4. The Morgan fingerprint density at radius 3 is 2.82 bits per heavy atom. The van der Waals surface area contributed by atoms with Crippen LogP contribution in [0.5, 0.6) is 0 Å². The fraction of sp³-hybridized carbons (Fsp3) is 0.545. The van der Waals surface area contributed by atoms with Gasteiger partial charge in [-0.3, -0.25) is 4.79 Å². The number of carbonyl (C=O) groups is 1. The third-order valence-corrected chi connectivity index (χ3v) is 3.48. The quantitative estimate of drug-likeness (QED) is 0.691. The fourth-order valence-corrected chi connectivity index (χ4v) is 1.62. The topological polar surface area (TPSA) is 83.8 Å². The summed E-state index contributed by atoms with van der Waals surface area (Å²) in [5.41, 5.74) is 4.81. The summed E-state index contributed by atoms with van der Waals surface area (Å²) < 4.78 is 0. The van der Waals surface area contributed by atoms with Crippen LogP contribution in [-0.4, -0.2) is 20.9 Å². The highest BCUT2D eigenvalue weighted by Crippen LogP contribution is 2.23. The van der Waals surface area contributed by atoms with Crippen molar-refractivity contribution < 1.29 is 4.79 Å². The molecule has 1 aromatic rings. The Balaban J connectivity index is 2.75. The van der Waals surface area contributed by atoms with Crippen LogP contribution in [-0.2, 0) is 4.79 Å². The zero-order valence-electron chi connectivity index (χ0n) is 10.3. The maximum Gasteiger partial charge on any atom is 0.233 e. The van der Waals surface area contributed by atoms with Crippen LogP contribution in [0.15, 0.2) is 12.4 Å². The highest BCUT2D eigenvalue weighted by molar-refractivity contribution is 7.80. The minimum Gasteiger partial charge on any atom is -0.392 e. The lowest BCUT2D eigenvalue weighted by atomic mass is 9.86. The van der Waals surface area contributed by atoms with Gasteiger partial charge in [0.15, 0.2) is 0 Å². The minimum atomic E-state index is -0.809. The van der Waals surface area contributed by atoms with Crippen molar-refractivity contribution in [1.82, 2.24) is 15.3 Å². The maximum absolute atomic E-state index is 12.1. The second kappa shape index (κ2) is 5.27. The van der Waals surface area contributed by atoms with Gasteiger partial charge in [-0.05, 0) is 20.3 Å². The van der Waals surface area contributed by atoms with Gasteiger partial charge in [-0.25, -0.2) is 4.98 Å². The largest absolute Gasteiger partial charge is 0.392 e.